The number of ether oxygens (including phenoxy) is 1. The first-order chi connectivity index (χ1) is 14.5. The standard InChI is InChI=1S/C22H24N4O3S/c1-14-13-17(25(3)24-14)20(27)23-21-18(22(28)26-9-11-29-12-10-26)15(2)19(30-21)16-7-5-4-6-8-16/h4-8,13H,9-12H2,1-3H3,(H,23,27). The topological polar surface area (TPSA) is 76.5 Å². The Bertz CT molecular complexity index is 1080. The van der Waals surface area contributed by atoms with Crippen LogP contribution in [0.1, 0.15) is 32.1 Å². The average Bonchev–Trinajstić information content (AvgIpc) is 3.27. The summed E-state index contributed by atoms with van der Waals surface area (Å²) in [6.07, 6.45) is 0. The third kappa shape index (κ3) is 3.88. The van der Waals surface area contributed by atoms with Crippen molar-refractivity contribution in [1.82, 2.24) is 14.7 Å². The first kappa shape index (κ1) is 20.3. The molecule has 0 radical (unpaired) electrons. The SMILES string of the molecule is Cc1cc(C(=O)Nc2sc(-c3ccccc3)c(C)c2C(=O)N2CCOCC2)n(C)n1. The average molecular weight is 425 g/mol. The molecule has 8 heteroatoms. The first-order valence-corrected chi connectivity index (χ1v) is 10.6. The summed E-state index contributed by atoms with van der Waals surface area (Å²) in [4.78, 5) is 29.1. The van der Waals surface area contributed by atoms with Crippen molar-refractivity contribution >= 4 is 28.2 Å². The van der Waals surface area contributed by atoms with Crippen molar-refractivity contribution in [2.45, 2.75) is 13.8 Å². The van der Waals surface area contributed by atoms with Crippen molar-refractivity contribution in [1.29, 1.82) is 0 Å². The van der Waals surface area contributed by atoms with Gasteiger partial charge in [0.25, 0.3) is 11.8 Å². The molecule has 1 saturated heterocycles. The van der Waals surface area contributed by atoms with Crippen molar-refractivity contribution in [3.8, 4) is 10.4 Å². The number of aromatic nitrogens is 2. The van der Waals surface area contributed by atoms with Gasteiger partial charge < -0.3 is 15.0 Å². The quantitative estimate of drug-likeness (QED) is 0.696. The van der Waals surface area contributed by atoms with Crippen LogP contribution < -0.4 is 5.32 Å². The molecule has 1 N–H and O–H groups in total. The molecular weight excluding hydrogens is 400 g/mol. The van der Waals surface area contributed by atoms with E-state index in [9.17, 15) is 9.59 Å². The maximum absolute atomic E-state index is 13.4. The molecule has 4 rings (SSSR count). The lowest BCUT2D eigenvalue weighted by molar-refractivity contribution is 0.0303. The van der Waals surface area contributed by atoms with E-state index in [0.717, 1.165) is 21.7 Å². The molecule has 2 amide bonds. The number of morpholine rings is 1. The van der Waals surface area contributed by atoms with E-state index in [1.54, 1.807) is 22.7 Å². The minimum Gasteiger partial charge on any atom is -0.378 e. The minimum absolute atomic E-state index is 0.0780. The van der Waals surface area contributed by atoms with Gasteiger partial charge in [0.1, 0.15) is 10.7 Å². The van der Waals surface area contributed by atoms with Gasteiger partial charge in [-0.3, -0.25) is 14.3 Å². The number of thiophene rings is 1. The Balaban J connectivity index is 1.74. The Morgan fingerprint density at radius 1 is 1.13 bits per heavy atom. The van der Waals surface area contributed by atoms with Gasteiger partial charge in [0, 0.05) is 25.0 Å². The van der Waals surface area contributed by atoms with Crippen LogP contribution in [0.4, 0.5) is 5.00 Å². The monoisotopic (exact) mass is 424 g/mol. The number of benzene rings is 1. The van der Waals surface area contributed by atoms with Gasteiger partial charge in [-0.1, -0.05) is 30.3 Å². The number of nitrogens with one attached hydrogen (secondary N) is 1. The van der Waals surface area contributed by atoms with Gasteiger partial charge in [0.15, 0.2) is 0 Å². The molecule has 0 atom stereocenters. The molecule has 0 aliphatic carbocycles. The van der Waals surface area contributed by atoms with Crippen LogP contribution >= 0.6 is 11.3 Å². The molecule has 0 saturated carbocycles. The third-order valence-corrected chi connectivity index (χ3v) is 6.41. The Morgan fingerprint density at radius 2 is 1.83 bits per heavy atom. The van der Waals surface area contributed by atoms with Crippen molar-refractivity contribution < 1.29 is 14.3 Å². The van der Waals surface area contributed by atoms with Gasteiger partial charge in [-0.2, -0.15) is 5.10 Å². The number of nitrogens with zero attached hydrogens (tertiary/aromatic N) is 3. The molecule has 0 bridgehead atoms. The van der Waals surface area contributed by atoms with Gasteiger partial charge in [0.05, 0.1) is 24.5 Å². The molecule has 0 unspecified atom stereocenters. The molecule has 7 nitrogen and oxygen atoms in total. The second-order valence-corrected chi connectivity index (χ2v) is 8.30. The van der Waals surface area contributed by atoms with Crippen LogP contribution in [0, 0.1) is 13.8 Å². The van der Waals surface area contributed by atoms with Crippen LogP contribution in [0.2, 0.25) is 0 Å². The zero-order valence-corrected chi connectivity index (χ0v) is 18.1. The smallest absolute Gasteiger partial charge is 0.274 e. The molecule has 3 heterocycles. The summed E-state index contributed by atoms with van der Waals surface area (Å²) in [7, 11) is 1.73. The van der Waals surface area contributed by atoms with Crippen molar-refractivity contribution in [2.75, 3.05) is 31.6 Å². The molecule has 3 aromatic rings. The maximum Gasteiger partial charge on any atom is 0.274 e. The van der Waals surface area contributed by atoms with E-state index in [4.69, 9.17) is 4.74 Å². The fraction of sp³-hybridized carbons (Fsp3) is 0.318. The van der Waals surface area contributed by atoms with E-state index in [1.165, 1.54) is 11.3 Å². The molecule has 0 spiro atoms. The molecule has 1 aromatic carbocycles. The molecule has 2 aromatic heterocycles. The van der Waals surface area contributed by atoms with Crippen molar-refractivity contribution in [3.63, 3.8) is 0 Å². The molecule has 1 aliphatic heterocycles. The van der Waals surface area contributed by atoms with Crippen molar-refractivity contribution in [2.24, 2.45) is 7.05 Å². The van der Waals surface area contributed by atoms with E-state index in [0.29, 0.717) is 42.6 Å². The second kappa shape index (κ2) is 8.41. The third-order valence-electron chi connectivity index (χ3n) is 5.16. The fourth-order valence-electron chi connectivity index (χ4n) is 3.64. The Labute approximate surface area is 179 Å². The van der Waals surface area contributed by atoms with Crippen LogP contribution in [-0.2, 0) is 11.8 Å². The highest BCUT2D eigenvalue weighted by Crippen LogP contribution is 2.40. The van der Waals surface area contributed by atoms with Crippen molar-refractivity contribution in [3.05, 3.63) is 58.9 Å². The predicted molar refractivity (Wildman–Crippen MR) is 117 cm³/mol. The predicted octanol–water partition coefficient (Wildman–Crippen LogP) is 3.49. The van der Waals surface area contributed by atoms with Crippen LogP contribution in [0.5, 0.6) is 0 Å². The number of carbonyl (C=O) groups is 2. The summed E-state index contributed by atoms with van der Waals surface area (Å²) in [6.45, 7) is 5.92. The highest BCUT2D eigenvalue weighted by Gasteiger charge is 2.28. The number of carbonyl (C=O) groups excluding carboxylic acids is 2. The lowest BCUT2D eigenvalue weighted by Crippen LogP contribution is -2.41. The molecule has 156 valence electrons. The van der Waals surface area contributed by atoms with Crippen LogP contribution in [0.25, 0.3) is 10.4 Å². The van der Waals surface area contributed by atoms with Gasteiger partial charge in [-0.05, 0) is 31.0 Å². The van der Waals surface area contributed by atoms with E-state index in [-0.39, 0.29) is 11.8 Å². The van der Waals surface area contributed by atoms with Crippen LogP contribution in [0.15, 0.2) is 36.4 Å². The lowest BCUT2D eigenvalue weighted by atomic mass is 10.1. The van der Waals surface area contributed by atoms with Gasteiger partial charge in [-0.15, -0.1) is 11.3 Å². The molecule has 1 fully saturated rings. The molecule has 30 heavy (non-hydrogen) atoms. The summed E-state index contributed by atoms with van der Waals surface area (Å²) < 4.78 is 6.94. The summed E-state index contributed by atoms with van der Waals surface area (Å²) in [5.41, 5.74) is 3.66. The maximum atomic E-state index is 13.4. The van der Waals surface area contributed by atoms with E-state index in [1.807, 2.05) is 44.2 Å². The summed E-state index contributed by atoms with van der Waals surface area (Å²) in [5.74, 6) is -0.360. The number of rotatable bonds is 4. The second-order valence-electron chi connectivity index (χ2n) is 7.28. The zero-order valence-electron chi connectivity index (χ0n) is 17.3. The summed E-state index contributed by atoms with van der Waals surface area (Å²) in [6, 6.07) is 11.6. The van der Waals surface area contributed by atoms with E-state index in [2.05, 4.69) is 10.4 Å². The Morgan fingerprint density at radius 3 is 2.47 bits per heavy atom. The largest absolute Gasteiger partial charge is 0.378 e. The lowest BCUT2D eigenvalue weighted by Gasteiger charge is -2.27. The summed E-state index contributed by atoms with van der Waals surface area (Å²) in [5, 5.41) is 7.78. The van der Waals surface area contributed by atoms with E-state index >= 15 is 0 Å². The fourth-order valence-corrected chi connectivity index (χ4v) is 4.84. The van der Waals surface area contributed by atoms with Gasteiger partial charge in [-0.25, -0.2) is 0 Å². The van der Waals surface area contributed by atoms with Gasteiger partial charge >= 0.3 is 0 Å². The Kier molecular flexibility index (Phi) is 5.69. The zero-order chi connectivity index (χ0) is 21.3. The van der Waals surface area contributed by atoms with E-state index < -0.39 is 0 Å². The van der Waals surface area contributed by atoms with Crippen LogP contribution in [-0.4, -0.2) is 52.8 Å². The minimum atomic E-state index is -0.282. The number of anilines is 1. The first-order valence-electron chi connectivity index (χ1n) is 9.83. The number of amides is 2. The number of hydrogen-bond acceptors (Lipinski definition) is 5. The molecule has 1 aliphatic rings. The highest BCUT2D eigenvalue weighted by molar-refractivity contribution is 7.20. The number of hydrogen-bond donors (Lipinski definition) is 1. The molecular formula is C22H24N4O3S. The van der Waals surface area contributed by atoms with Crippen LogP contribution in [0.3, 0.4) is 0 Å². The number of aryl methyl sites for hydroxylation is 2. The highest BCUT2D eigenvalue weighted by atomic mass is 32.1. The van der Waals surface area contributed by atoms with Gasteiger partial charge in [0.2, 0.25) is 0 Å². The summed E-state index contributed by atoms with van der Waals surface area (Å²) >= 11 is 1.43. The Hall–Kier alpha value is -2.97. The normalized spacial score (nSPS) is 14.0.